The van der Waals surface area contributed by atoms with Crippen molar-refractivity contribution in [2.45, 2.75) is 0 Å². The molecule has 500 valence electrons. The van der Waals surface area contributed by atoms with E-state index in [1.165, 1.54) is 0 Å². The summed E-state index contributed by atoms with van der Waals surface area (Å²) in [5.74, 6) is 1.86. The third kappa shape index (κ3) is 15.1. The fourth-order valence-electron chi connectivity index (χ4n) is 13.0. The number of aromatic nitrogens is 4. The summed E-state index contributed by atoms with van der Waals surface area (Å²) in [5, 5.41) is 18.5. The van der Waals surface area contributed by atoms with E-state index in [1.54, 1.807) is 12.1 Å². The summed E-state index contributed by atoms with van der Waals surface area (Å²) in [6.45, 7) is 0. The molecule has 0 spiro atoms. The molecule has 0 aliphatic carbocycles. The van der Waals surface area contributed by atoms with Crippen LogP contribution < -0.4 is 20.2 Å². The van der Waals surface area contributed by atoms with Gasteiger partial charge in [-0.15, -0.1) is 0 Å². The number of hydrogen-bond donors (Lipinski definition) is 2. The molecule has 0 saturated carbocycles. The van der Waals surface area contributed by atoms with Crippen LogP contribution in [0.2, 0.25) is 0 Å². The maximum Gasteiger partial charge on any atom is 0.488 e. The van der Waals surface area contributed by atoms with Gasteiger partial charge in [-0.2, -0.15) is 0 Å². The third-order valence-electron chi connectivity index (χ3n) is 18.0. The molecule has 0 atom stereocenters. The molecule has 2 N–H and O–H groups in total. The van der Waals surface area contributed by atoms with Crippen molar-refractivity contribution in [1.29, 1.82) is 0 Å². The Kier molecular flexibility index (Phi) is 20.5. The molecular weight excluding hydrogens is 1410 g/mol. The van der Waals surface area contributed by atoms with Crippen molar-refractivity contribution in [2.24, 2.45) is 0 Å². The highest BCUT2D eigenvalue weighted by molar-refractivity contribution is 9.10. The zero-order valence-electron chi connectivity index (χ0n) is 56.5. The Morgan fingerprint density at radius 1 is 0.231 bits per heavy atom. The van der Waals surface area contributed by atoms with Gasteiger partial charge in [-0.1, -0.05) is 250 Å². The first-order valence-corrected chi connectivity index (χ1v) is 35.9. The molecule has 0 aliphatic rings. The van der Waals surface area contributed by atoms with Gasteiger partial charge < -0.3 is 24.7 Å². The Bertz CT molecular complexity index is 5490. The number of rotatable bonds is 16. The molecule has 12 heteroatoms. The number of benzene rings is 15. The molecule has 0 aliphatic heterocycles. The zero-order chi connectivity index (χ0) is 70.6. The van der Waals surface area contributed by atoms with Crippen LogP contribution in [0.25, 0.3) is 78.5 Å². The second-order valence-corrected chi connectivity index (χ2v) is 26.5. The molecule has 2 aromatic heterocycles. The highest BCUT2D eigenvalue weighted by Crippen LogP contribution is 2.40. The van der Waals surface area contributed by atoms with Crippen LogP contribution in [-0.2, 0) is 0 Å². The Morgan fingerprint density at radius 3 is 0.760 bits per heavy atom. The first-order valence-electron chi connectivity index (χ1n) is 34.3. The van der Waals surface area contributed by atoms with E-state index in [-0.39, 0.29) is 0 Å². The van der Waals surface area contributed by atoms with Crippen LogP contribution in [0.5, 0.6) is 0 Å². The van der Waals surface area contributed by atoms with Crippen molar-refractivity contribution < 1.29 is 10.0 Å². The number of para-hydroxylation sites is 10. The van der Waals surface area contributed by atoms with Crippen LogP contribution >= 0.6 is 31.9 Å². The molecule has 104 heavy (non-hydrogen) atoms. The standard InChI is InChI=1S/C55H40N4.C19H12Br2N2.C18H16BNO2/c1-5-15-46(16-6-1)57(47-17-7-2-8-18-47)50-35-29-42(30-36-50)41-25-27-45(28-26-41)55-56-53-23-13-14-24-54(53)59(55)52-39-33-44(34-40-52)43-31-37-51(38-32-43)58(48-19-9-3-10-20-48)49-21-11-4-12-22-49;20-14-7-5-13(6-8-14)19-22-17-3-1-2-4-18(17)23(19)16-11-9-15(21)10-12-16;21-19(22)15-11-13-18(14-12-15)20(16-7-3-1-4-8-16)17-9-5-2-6-10-17/h1-40H;1-12H;1-14,21-22H. The first-order chi connectivity index (χ1) is 51.2. The molecular formula is C92H68BBr2N7O2. The minimum Gasteiger partial charge on any atom is -0.423 e. The summed E-state index contributed by atoms with van der Waals surface area (Å²) in [4.78, 5) is 16.7. The minimum absolute atomic E-state index is 0.477. The predicted molar refractivity (Wildman–Crippen MR) is 440 cm³/mol. The van der Waals surface area contributed by atoms with Crippen LogP contribution in [0.1, 0.15) is 0 Å². The minimum atomic E-state index is -1.45. The molecule has 9 nitrogen and oxygen atoms in total. The van der Waals surface area contributed by atoms with E-state index in [0.29, 0.717) is 5.46 Å². The van der Waals surface area contributed by atoms with Crippen molar-refractivity contribution >= 4 is 118 Å². The van der Waals surface area contributed by atoms with E-state index < -0.39 is 7.12 Å². The van der Waals surface area contributed by atoms with Gasteiger partial charge in [0.15, 0.2) is 0 Å². The third-order valence-corrected chi connectivity index (χ3v) is 19.1. The molecule has 2 heterocycles. The lowest BCUT2D eigenvalue weighted by molar-refractivity contribution is 0.426. The SMILES string of the molecule is Brc1ccc(-c2nc3ccccc3n2-c2ccc(Br)cc2)cc1.OB(O)c1ccc(N(c2ccccc2)c2ccccc2)cc1.c1ccc(N(c2ccccc2)c2ccc(-c3ccc(-c4nc5ccccc5n4-c4ccc(-c5ccc(N(c6ccccc6)c6ccccc6)cc5)cc4)cc3)cc2)cc1. The van der Waals surface area contributed by atoms with Gasteiger partial charge in [-0.25, -0.2) is 9.97 Å². The molecule has 0 saturated heterocycles. The second-order valence-electron chi connectivity index (χ2n) is 24.7. The number of imidazole rings is 2. The summed E-state index contributed by atoms with van der Waals surface area (Å²) in [6, 6.07) is 138. The highest BCUT2D eigenvalue weighted by Gasteiger charge is 2.20. The van der Waals surface area contributed by atoms with Crippen LogP contribution in [-0.4, -0.2) is 36.3 Å². The van der Waals surface area contributed by atoms with Crippen LogP contribution in [0.15, 0.2) is 409 Å². The van der Waals surface area contributed by atoms with Crippen LogP contribution in [0.3, 0.4) is 0 Å². The Balaban J connectivity index is 0.000000157. The Labute approximate surface area is 622 Å². The van der Waals surface area contributed by atoms with Crippen molar-refractivity contribution in [3.8, 4) is 56.4 Å². The summed E-state index contributed by atoms with van der Waals surface area (Å²) < 4.78 is 6.60. The molecule has 0 bridgehead atoms. The fourth-order valence-corrected chi connectivity index (χ4v) is 13.5. The molecule has 0 amide bonds. The number of anilines is 9. The van der Waals surface area contributed by atoms with E-state index in [0.717, 1.165) is 139 Å². The number of nitrogens with zero attached hydrogens (tertiary/aromatic N) is 7. The summed E-state index contributed by atoms with van der Waals surface area (Å²) >= 11 is 6.99. The zero-order valence-corrected chi connectivity index (χ0v) is 59.6. The highest BCUT2D eigenvalue weighted by atomic mass is 79.9. The lowest BCUT2D eigenvalue weighted by Gasteiger charge is -2.25. The summed E-state index contributed by atoms with van der Waals surface area (Å²) in [5.41, 5.74) is 23.3. The van der Waals surface area contributed by atoms with Gasteiger partial charge in [-0.3, -0.25) is 9.13 Å². The number of fused-ring (bicyclic) bond motifs is 2. The van der Waals surface area contributed by atoms with E-state index in [9.17, 15) is 10.0 Å². The Morgan fingerprint density at radius 2 is 0.452 bits per heavy atom. The van der Waals surface area contributed by atoms with Gasteiger partial charge in [0.1, 0.15) is 11.6 Å². The molecule has 0 fully saturated rings. The quantitative estimate of drug-likeness (QED) is 0.0932. The second kappa shape index (κ2) is 31.6. The lowest BCUT2D eigenvalue weighted by atomic mass is 9.80. The molecule has 17 rings (SSSR count). The van der Waals surface area contributed by atoms with Gasteiger partial charge in [0.05, 0.1) is 22.1 Å². The lowest BCUT2D eigenvalue weighted by Crippen LogP contribution is -2.29. The molecule has 0 unspecified atom stereocenters. The maximum absolute atomic E-state index is 9.23. The van der Waals surface area contributed by atoms with Crippen molar-refractivity contribution in [2.75, 3.05) is 14.7 Å². The fraction of sp³-hybridized carbons (Fsp3) is 0. The topological polar surface area (TPSA) is 85.8 Å². The number of hydrogen-bond acceptors (Lipinski definition) is 7. The van der Waals surface area contributed by atoms with Crippen molar-refractivity contribution in [3.63, 3.8) is 0 Å². The van der Waals surface area contributed by atoms with E-state index in [4.69, 9.17) is 9.97 Å². The normalized spacial score (nSPS) is 10.9. The van der Waals surface area contributed by atoms with Crippen LogP contribution in [0, 0.1) is 0 Å². The maximum atomic E-state index is 9.23. The predicted octanol–water partition coefficient (Wildman–Crippen LogP) is 24.0. The summed E-state index contributed by atoms with van der Waals surface area (Å²) in [6.07, 6.45) is 0. The average molecular weight is 1470 g/mol. The molecule has 17 aromatic rings. The molecule has 15 aromatic carbocycles. The largest absolute Gasteiger partial charge is 0.488 e. The van der Waals surface area contributed by atoms with Crippen LogP contribution in [0.4, 0.5) is 51.2 Å². The first kappa shape index (κ1) is 67.4. The van der Waals surface area contributed by atoms with Gasteiger partial charge in [-0.05, 0) is 210 Å². The van der Waals surface area contributed by atoms with Gasteiger partial charge in [0.25, 0.3) is 0 Å². The average Bonchev–Trinajstić information content (AvgIpc) is 1.64. The van der Waals surface area contributed by atoms with Crippen molar-refractivity contribution in [1.82, 2.24) is 19.1 Å². The van der Waals surface area contributed by atoms with Gasteiger partial charge >= 0.3 is 7.12 Å². The van der Waals surface area contributed by atoms with E-state index in [2.05, 4.69) is 341 Å². The summed E-state index contributed by atoms with van der Waals surface area (Å²) in [7, 11) is -1.45. The van der Waals surface area contributed by atoms with E-state index in [1.807, 2.05) is 103 Å². The smallest absolute Gasteiger partial charge is 0.423 e. The van der Waals surface area contributed by atoms with E-state index >= 15 is 0 Å². The Hall–Kier alpha value is -12.4. The molecule has 0 radical (unpaired) electrons. The van der Waals surface area contributed by atoms with Crippen molar-refractivity contribution in [3.05, 3.63) is 409 Å². The monoisotopic (exact) mass is 1470 g/mol. The van der Waals surface area contributed by atoms with Gasteiger partial charge in [0.2, 0.25) is 0 Å². The number of halogens is 2. The van der Waals surface area contributed by atoms with Gasteiger partial charge in [0, 0.05) is 82.6 Å².